The van der Waals surface area contributed by atoms with Gasteiger partial charge in [0.05, 0.1) is 12.8 Å². The summed E-state index contributed by atoms with van der Waals surface area (Å²) in [6.07, 6.45) is 0. The van der Waals surface area contributed by atoms with Crippen molar-refractivity contribution >= 4 is 17.6 Å². The van der Waals surface area contributed by atoms with Gasteiger partial charge in [0.2, 0.25) is 0 Å². The van der Waals surface area contributed by atoms with Crippen molar-refractivity contribution in [3.8, 4) is 5.75 Å². The van der Waals surface area contributed by atoms with Crippen LogP contribution in [0.15, 0.2) is 35.6 Å². The number of para-hydroxylation sites is 2. The minimum absolute atomic E-state index is 0.270. The van der Waals surface area contributed by atoms with E-state index in [0.29, 0.717) is 11.4 Å². The first-order valence-corrected chi connectivity index (χ1v) is 5.17. The molecule has 1 heterocycles. The molecular weight excluding hydrogens is 238 g/mol. The van der Waals surface area contributed by atoms with Crippen molar-refractivity contribution in [2.24, 2.45) is 0 Å². The van der Waals surface area contributed by atoms with Crippen LogP contribution in [0.1, 0.15) is 0 Å². The number of rotatable bonds is 3. The molecular formula is C12H11NO5. The maximum absolute atomic E-state index is 11.8. The predicted molar refractivity (Wildman–Crippen MR) is 62.2 cm³/mol. The topological polar surface area (TPSA) is 84.9 Å². The molecule has 0 saturated carbocycles. The third-order valence-electron chi connectivity index (χ3n) is 2.41. The minimum Gasteiger partial charge on any atom is -0.508 e. The number of benzene rings is 1. The molecule has 0 unspecified atom stereocenters. The van der Waals surface area contributed by atoms with Crippen molar-refractivity contribution in [2.75, 3.05) is 19.0 Å². The summed E-state index contributed by atoms with van der Waals surface area (Å²) in [6.45, 7) is -0.270. The molecule has 1 aromatic rings. The Bertz CT molecular complexity index is 535. The second-order valence-corrected chi connectivity index (χ2v) is 3.55. The molecule has 0 aliphatic carbocycles. The van der Waals surface area contributed by atoms with E-state index in [-0.39, 0.29) is 17.9 Å². The first-order valence-electron chi connectivity index (χ1n) is 5.17. The Balaban J connectivity index is 2.22. The van der Waals surface area contributed by atoms with Gasteiger partial charge >= 0.3 is 5.97 Å². The van der Waals surface area contributed by atoms with E-state index in [1.54, 1.807) is 24.3 Å². The van der Waals surface area contributed by atoms with Crippen LogP contribution < -0.4 is 10.1 Å². The summed E-state index contributed by atoms with van der Waals surface area (Å²) in [4.78, 5) is 23.1. The monoisotopic (exact) mass is 249 g/mol. The van der Waals surface area contributed by atoms with E-state index in [9.17, 15) is 14.7 Å². The number of methoxy groups -OCH3 is 1. The van der Waals surface area contributed by atoms with Crippen molar-refractivity contribution < 1.29 is 24.2 Å². The molecule has 18 heavy (non-hydrogen) atoms. The first kappa shape index (κ1) is 12.0. The van der Waals surface area contributed by atoms with Crippen LogP contribution in [-0.2, 0) is 14.3 Å². The van der Waals surface area contributed by atoms with Crippen LogP contribution in [0.2, 0.25) is 0 Å². The number of amides is 1. The van der Waals surface area contributed by atoms with Gasteiger partial charge in [0, 0.05) is 0 Å². The van der Waals surface area contributed by atoms with Gasteiger partial charge in [-0.1, -0.05) is 12.1 Å². The second kappa shape index (κ2) is 4.79. The van der Waals surface area contributed by atoms with E-state index in [0.717, 1.165) is 0 Å². The fraction of sp³-hybridized carbons (Fsp3) is 0.167. The predicted octanol–water partition coefficient (Wildman–Crippen LogP) is 1.00. The lowest BCUT2D eigenvalue weighted by molar-refractivity contribution is -0.137. The van der Waals surface area contributed by atoms with E-state index in [4.69, 9.17) is 4.74 Å². The van der Waals surface area contributed by atoms with Gasteiger partial charge in [-0.2, -0.15) is 0 Å². The maximum Gasteiger partial charge on any atom is 0.347 e. The third-order valence-corrected chi connectivity index (χ3v) is 2.41. The number of hydrogen-bond acceptors (Lipinski definition) is 5. The van der Waals surface area contributed by atoms with E-state index in [1.807, 2.05) is 0 Å². The van der Waals surface area contributed by atoms with Crippen molar-refractivity contribution in [2.45, 2.75) is 0 Å². The van der Waals surface area contributed by atoms with Gasteiger partial charge in [0.25, 0.3) is 5.91 Å². The van der Waals surface area contributed by atoms with Crippen molar-refractivity contribution in [1.29, 1.82) is 0 Å². The smallest absolute Gasteiger partial charge is 0.347 e. The van der Waals surface area contributed by atoms with Crippen molar-refractivity contribution in [1.82, 2.24) is 0 Å². The summed E-state index contributed by atoms with van der Waals surface area (Å²) >= 11 is 0. The van der Waals surface area contributed by atoms with Crippen LogP contribution in [-0.4, -0.2) is 30.7 Å². The summed E-state index contributed by atoms with van der Waals surface area (Å²) in [5.74, 6) is -1.47. The molecule has 2 rings (SSSR count). The van der Waals surface area contributed by atoms with Crippen molar-refractivity contribution in [3.05, 3.63) is 35.6 Å². The Morgan fingerprint density at radius 1 is 1.44 bits per heavy atom. The quantitative estimate of drug-likeness (QED) is 0.616. The molecule has 94 valence electrons. The Hall–Kier alpha value is -2.50. The lowest BCUT2D eigenvalue weighted by atomic mass is 10.2. The summed E-state index contributed by atoms with van der Waals surface area (Å²) < 4.78 is 9.59. The number of aliphatic hydroxyl groups is 1. The molecule has 1 amide bonds. The normalized spacial score (nSPS) is 14.4. The van der Waals surface area contributed by atoms with Gasteiger partial charge in [-0.05, 0) is 12.1 Å². The molecule has 0 fully saturated rings. The molecule has 0 saturated heterocycles. The molecule has 1 aliphatic rings. The highest BCUT2D eigenvalue weighted by molar-refractivity contribution is 6.22. The third kappa shape index (κ3) is 2.13. The Kier molecular flexibility index (Phi) is 3.18. The Morgan fingerprint density at radius 2 is 2.17 bits per heavy atom. The average Bonchev–Trinajstić information content (AvgIpc) is 2.69. The molecule has 1 aromatic carbocycles. The zero-order valence-corrected chi connectivity index (χ0v) is 9.60. The molecule has 0 radical (unpaired) electrons. The molecule has 0 spiro atoms. The van der Waals surface area contributed by atoms with Gasteiger partial charge in [-0.3, -0.25) is 4.79 Å². The number of aliphatic hydroxyl groups excluding tert-OH is 1. The maximum atomic E-state index is 11.8. The fourth-order valence-corrected chi connectivity index (χ4v) is 1.55. The number of esters is 1. The highest BCUT2D eigenvalue weighted by Crippen LogP contribution is 2.24. The molecule has 0 bridgehead atoms. The van der Waals surface area contributed by atoms with Crippen LogP contribution in [0, 0.1) is 0 Å². The largest absolute Gasteiger partial charge is 0.508 e. The summed E-state index contributed by atoms with van der Waals surface area (Å²) in [5, 5.41) is 11.9. The second-order valence-electron chi connectivity index (χ2n) is 3.55. The lowest BCUT2D eigenvalue weighted by Crippen LogP contribution is -2.19. The average molecular weight is 249 g/mol. The molecule has 2 N–H and O–H groups in total. The zero-order chi connectivity index (χ0) is 13.1. The first-order chi connectivity index (χ1) is 8.63. The number of anilines is 1. The number of carbonyl (C=O) groups is 2. The number of cyclic esters (lactones) is 1. The van der Waals surface area contributed by atoms with E-state index >= 15 is 0 Å². The standard InChI is InChI=1S/C12H11NO5/c1-17-9-5-3-2-4-7(9)13-11(15)10-8(14)6-18-12(10)16/h2-5,14H,6H2,1H3,(H,13,15). The molecule has 0 aromatic heterocycles. The highest BCUT2D eigenvalue weighted by atomic mass is 16.5. The van der Waals surface area contributed by atoms with Gasteiger partial charge in [-0.25, -0.2) is 4.79 Å². The van der Waals surface area contributed by atoms with Gasteiger partial charge in [0.1, 0.15) is 12.4 Å². The molecule has 6 nitrogen and oxygen atoms in total. The SMILES string of the molecule is COc1ccccc1NC(=O)C1=C(O)COC1=O. The number of nitrogens with one attached hydrogen (secondary N) is 1. The minimum atomic E-state index is -0.833. The van der Waals surface area contributed by atoms with E-state index < -0.39 is 11.9 Å². The van der Waals surface area contributed by atoms with Crippen LogP contribution in [0.5, 0.6) is 5.75 Å². The number of ether oxygens (including phenoxy) is 2. The molecule has 1 aliphatic heterocycles. The van der Waals surface area contributed by atoms with E-state index in [2.05, 4.69) is 10.1 Å². The lowest BCUT2D eigenvalue weighted by Gasteiger charge is -2.09. The molecule has 6 heteroatoms. The van der Waals surface area contributed by atoms with Crippen molar-refractivity contribution in [3.63, 3.8) is 0 Å². The van der Waals surface area contributed by atoms with Gasteiger partial charge in [-0.15, -0.1) is 0 Å². The highest BCUT2D eigenvalue weighted by Gasteiger charge is 2.31. The van der Waals surface area contributed by atoms with Crippen LogP contribution in [0.4, 0.5) is 5.69 Å². The zero-order valence-electron chi connectivity index (χ0n) is 9.60. The van der Waals surface area contributed by atoms with Crippen LogP contribution in [0.3, 0.4) is 0 Å². The summed E-state index contributed by atoms with van der Waals surface area (Å²) in [7, 11) is 1.46. The summed E-state index contributed by atoms with van der Waals surface area (Å²) in [5.41, 5.74) is 0.0332. The number of hydrogen-bond donors (Lipinski definition) is 2. The van der Waals surface area contributed by atoms with Gasteiger partial charge < -0.3 is 19.9 Å². The number of carbonyl (C=O) groups excluding carboxylic acids is 2. The van der Waals surface area contributed by atoms with Gasteiger partial charge in [0.15, 0.2) is 11.3 Å². The fourth-order valence-electron chi connectivity index (χ4n) is 1.55. The van der Waals surface area contributed by atoms with E-state index in [1.165, 1.54) is 7.11 Å². The summed E-state index contributed by atoms with van der Waals surface area (Å²) in [6, 6.07) is 6.74. The Labute approximate surface area is 103 Å². The Morgan fingerprint density at radius 3 is 2.78 bits per heavy atom. The molecule has 0 atom stereocenters. The van der Waals surface area contributed by atoms with Crippen LogP contribution >= 0.6 is 0 Å². The van der Waals surface area contributed by atoms with Crippen LogP contribution in [0.25, 0.3) is 0 Å².